The van der Waals surface area contributed by atoms with Crippen LogP contribution in [0.3, 0.4) is 0 Å². The van der Waals surface area contributed by atoms with E-state index < -0.39 is 0 Å². The third kappa shape index (κ3) is 5.30. The molecule has 2 amide bonds. The topological polar surface area (TPSA) is 67.4 Å². The molecule has 1 heterocycles. The van der Waals surface area contributed by atoms with Gasteiger partial charge >= 0.3 is 0 Å². The number of rotatable bonds is 6. The van der Waals surface area contributed by atoms with E-state index in [0.717, 1.165) is 18.4 Å². The van der Waals surface area contributed by atoms with Gasteiger partial charge in [0.25, 0.3) is 5.91 Å². The first kappa shape index (κ1) is 15.1. The van der Waals surface area contributed by atoms with Crippen LogP contribution < -0.4 is 10.6 Å². The molecule has 0 aromatic heterocycles. The Morgan fingerprint density at radius 2 is 1.86 bits per heavy atom. The van der Waals surface area contributed by atoms with Crippen LogP contribution in [0.1, 0.15) is 18.4 Å². The fourth-order valence-corrected chi connectivity index (χ4v) is 2.02. The zero-order chi connectivity index (χ0) is 14.9. The van der Waals surface area contributed by atoms with Crippen LogP contribution in [0.4, 0.5) is 0 Å². The van der Waals surface area contributed by atoms with Crippen LogP contribution >= 0.6 is 0 Å². The molecular weight excluding hydrogens is 268 g/mol. The minimum absolute atomic E-state index is 0.0522. The van der Waals surface area contributed by atoms with E-state index in [0.29, 0.717) is 31.9 Å². The third-order valence-electron chi connectivity index (χ3n) is 3.10. The Bertz CT molecular complexity index is 512. The molecule has 0 saturated heterocycles. The van der Waals surface area contributed by atoms with Crippen LogP contribution in [0.2, 0.25) is 0 Å². The van der Waals surface area contributed by atoms with Gasteiger partial charge in [0.1, 0.15) is 0 Å². The molecule has 1 aromatic rings. The summed E-state index contributed by atoms with van der Waals surface area (Å²) in [5.74, 6) is 0.118. The van der Waals surface area contributed by atoms with E-state index >= 15 is 0 Å². The smallest absolute Gasteiger partial charge is 0.286 e. The molecule has 0 bridgehead atoms. The average Bonchev–Trinajstić information content (AvgIpc) is 2.53. The minimum atomic E-state index is -0.216. The lowest BCUT2D eigenvalue weighted by Gasteiger charge is -2.14. The minimum Gasteiger partial charge on any atom is -0.488 e. The van der Waals surface area contributed by atoms with E-state index in [9.17, 15) is 9.59 Å². The van der Waals surface area contributed by atoms with Crippen molar-refractivity contribution >= 4 is 11.8 Å². The van der Waals surface area contributed by atoms with Crippen molar-refractivity contribution in [3.63, 3.8) is 0 Å². The molecule has 0 saturated carbocycles. The first-order valence-electron chi connectivity index (χ1n) is 7.17. The molecule has 112 valence electrons. The molecule has 0 radical (unpaired) electrons. The maximum Gasteiger partial charge on any atom is 0.286 e. The van der Waals surface area contributed by atoms with Crippen molar-refractivity contribution in [1.29, 1.82) is 0 Å². The number of hydrogen-bond acceptors (Lipinski definition) is 3. The Morgan fingerprint density at radius 3 is 2.57 bits per heavy atom. The summed E-state index contributed by atoms with van der Waals surface area (Å²) in [5, 5.41) is 5.50. The Balaban J connectivity index is 1.62. The molecule has 1 aromatic carbocycles. The summed E-state index contributed by atoms with van der Waals surface area (Å²) in [6, 6.07) is 9.54. The summed E-state index contributed by atoms with van der Waals surface area (Å²) < 4.78 is 5.26. The molecule has 0 unspecified atom stereocenters. The van der Waals surface area contributed by atoms with Crippen LogP contribution in [0.5, 0.6) is 0 Å². The van der Waals surface area contributed by atoms with Crippen LogP contribution in [0, 0.1) is 0 Å². The Kier molecular flexibility index (Phi) is 5.82. The molecule has 0 aliphatic carbocycles. The van der Waals surface area contributed by atoms with Gasteiger partial charge in [0, 0.05) is 13.1 Å². The second kappa shape index (κ2) is 8.09. The maximum absolute atomic E-state index is 11.7. The normalized spacial score (nSPS) is 13.8. The zero-order valence-corrected chi connectivity index (χ0v) is 11.9. The van der Waals surface area contributed by atoms with Gasteiger partial charge < -0.3 is 15.4 Å². The van der Waals surface area contributed by atoms with E-state index in [-0.39, 0.29) is 11.8 Å². The van der Waals surface area contributed by atoms with Gasteiger partial charge in [-0.25, -0.2) is 0 Å². The highest BCUT2D eigenvalue weighted by atomic mass is 16.5. The first-order chi connectivity index (χ1) is 10.3. The number of amides is 2. The highest BCUT2D eigenvalue weighted by Gasteiger charge is 2.12. The maximum atomic E-state index is 11.7. The van der Waals surface area contributed by atoms with E-state index in [2.05, 4.69) is 10.6 Å². The second-order valence-electron chi connectivity index (χ2n) is 4.83. The third-order valence-corrected chi connectivity index (χ3v) is 3.10. The number of benzene rings is 1. The monoisotopic (exact) mass is 288 g/mol. The van der Waals surface area contributed by atoms with Crippen molar-refractivity contribution in [2.45, 2.75) is 19.3 Å². The predicted octanol–water partition coefficient (Wildman–Crippen LogP) is 1.16. The lowest BCUT2D eigenvalue weighted by molar-refractivity contribution is -0.122. The van der Waals surface area contributed by atoms with Gasteiger partial charge in [-0.2, -0.15) is 0 Å². The fourth-order valence-electron chi connectivity index (χ4n) is 2.02. The van der Waals surface area contributed by atoms with E-state index in [1.54, 1.807) is 6.08 Å². The van der Waals surface area contributed by atoms with Crippen molar-refractivity contribution in [2.75, 3.05) is 19.7 Å². The van der Waals surface area contributed by atoms with Crippen LogP contribution in [0.25, 0.3) is 0 Å². The molecule has 0 spiro atoms. The van der Waals surface area contributed by atoms with Crippen molar-refractivity contribution in [2.24, 2.45) is 0 Å². The number of carbonyl (C=O) groups excluding carboxylic acids is 2. The Morgan fingerprint density at radius 1 is 1.10 bits per heavy atom. The predicted molar refractivity (Wildman–Crippen MR) is 79.4 cm³/mol. The van der Waals surface area contributed by atoms with Gasteiger partial charge in [0.05, 0.1) is 13.0 Å². The number of ether oxygens (including phenoxy) is 1. The van der Waals surface area contributed by atoms with E-state index in [4.69, 9.17) is 4.74 Å². The summed E-state index contributed by atoms with van der Waals surface area (Å²) in [5.41, 5.74) is 0.972. The lowest BCUT2D eigenvalue weighted by Crippen LogP contribution is -2.36. The molecule has 2 N–H and O–H groups in total. The van der Waals surface area contributed by atoms with Crippen molar-refractivity contribution in [3.8, 4) is 0 Å². The summed E-state index contributed by atoms with van der Waals surface area (Å²) in [4.78, 5) is 23.4. The molecule has 5 nitrogen and oxygen atoms in total. The van der Waals surface area contributed by atoms with Crippen LogP contribution in [0.15, 0.2) is 42.2 Å². The number of nitrogens with one attached hydrogen (secondary N) is 2. The molecule has 0 atom stereocenters. The molecule has 1 aliphatic heterocycles. The average molecular weight is 288 g/mol. The Labute approximate surface area is 124 Å². The van der Waals surface area contributed by atoms with E-state index in [1.165, 1.54) is 0 Å². The SMILES string of the molecule is O=C(Cc1ccccc1)NCCNC(=O)C1=CCCCO1. The summed E-state index contributed by atoms with van der Waals surface area (Å²) >= 11 is 0. The van der Waals surface area contributed by atoms with Crippen molar-refractivity contribution < 1.29 is 14.3 Å². The Hall–Kier alpha value is -2.30. The van der Waals surface area contributed by atoms with Gasteiger partial charge in [0.15, 0.2) is 5.76 Å². The van der Waals surface area contributed by atoms with Gasteiger partial charge in [0.2, 0.25) is 5.91 Å². The highest BCUT2D eigenvalue weighted by Crippen LogP contribution is 2.09. The molecule has 2 rings (SSSR count). The molecule has 5 heteroatoms. The molecular formula is C16H20N2O3. The molecule has 21 heavy (non-hydrogen) atoms. The lowest BCUT2D eigenvalue weighted by atomic mass is 10.1. The van der Waals surface area contributed by atoms with Gasteiger partial charge in [-0.05, 0) is 24.5 Å². The number of carbonyl (C=O) groups is 2. The summed E-state index contributed by atoms with van der Waals surface area (Å²) in [6.07, 6.45) is 3.97. The van der Waals surface area contributed by atoms with Crippen molar-refractivity contribution in [1.82, 2.24) is 10.6 Å². The zero-order valence-electron chi connectivity index (χ0n) is 11.9. The second-order valence-corrected chi connectivity index (χ2v) is 4.83. The van der Waals surface area contributed by atoms with Gasteiger partial charge in [-0.3, -0.25) is 9.59 Å². The van der Waals surface area contributed by atoms with Gasteiger partial charge in [-0.1, -0.05) is 30.3 Å². The number of hydrogen-bond donors (Lipinski definition) is 2. The summed E-state index contributed by atoms with van der Waals surface area (Å²) in [7, 11) is 0. The highest BCUT2D eigenvalue weighted by molar-refractivity contribution is 5.91. The fraction of sp³-hybridized carbons (Fsp3) is 0.375. The standard InChI is InChI=1S/C16H20N2O3/c19-15(12-13-6-2-1-3-7-13)17-9-10-18-16(20)14-8-4-5-11-21-14/h1-3,6-8H,4-5,9-12H2,(H,17,19)(H,18,20). The number of allylic oxidation sites excluding steroid dienone is 1. The molecule has 0 fully saturated rings. The van der Waals surface area contributed by atoms with Crippen LogP contribution in [-0.4, -0.2) is 31.5 Å². The first-order valence-corrected chi connectivity index (χ1v) is 7.17. The summed E-state index contributed by atoms with van der Waals surface area (Å²) in [6.45, 7) is 1.39. The largest absolute Gasteiger partial charge is 0.488 e. The van der Waals surface area contributed by atoms with Crippen molar-refractivity contribution in [3.05, 3.63) is 47.7 Å². The molecule has 1 aliphatic rings. The van der Waals surface area contributed by atoms with Gasteiger partial charge in [-0.15, -0.1) is 0 Å². The quantitative estimate of drug-likeness (QED) is 0.772. The van der Waals surface area contributed by atoms with Crippen LogP contribution in [-0.2, 0) is 20.7 Å². The van der Waals surface area contributed by atoms with E-state index in [1.807, 2.05) is 30.3 Å².